The van der Waals surface area contributed by atoms with Crippen LogP contribution in [0, 0.1) is 5.92 Å². The molecule has 1 aliphatic rings. The van der Waals surface area contributed by atoms with Crippen molar-refractivity contribution in [1.82, 2.24) is 15.4 Å². The molecule has 122 valence electrons. The summed E-state index contributed by atoms with van der Waals surface area (Å²) in [6.45, 7) is 7.10. The van der Waals surface area contributed by atoms with Crippen LogP contribution in [0.2, 0.25) is 0 Å². The molecular formula is C15H24N4O3. The van der Waals surface area contributed by atoms with Gasteiger partial charge in [-0.3, -0.25) is 10.1 Å². The van der Waals surface area contributed by atoms with Gasteiger partial charge in [0.25, 0.3) is 0 Å². The normalized spacial score (nSPS) is 18.9. The van der Waals surface area contributed by atoms with Crippen molar-refractivity contribution in [2.75, 3.05) is 25.5 Å². The van der Waals surface area contributed by atoms with Crippen LogP contribution in [0.15, 0.2) is 10.6 Å². The van der Waals surface area contributed by atoms with Crippen LogP contribution in [-0.4, -0.2) is 42.1 Å². The quantitative estimate of drug-likeness (QED) is 0.874. The van der Waals surface area contributed by atoms with Gasteiger partial charge in [0, 0.05) is 31.6 Å². The average Bonchev–Trinajstić information content (AvgIpc) is 2.95. The zero-order valence-corrected chi connectivity index (χ0v) is 13.6. The molecule has 1 aromatic heterocycles. The Labute approximate surface area is 130 Å². The zero-order chi connectivity index (χ0) is 16.3. The van der Waals surface area contributed by atoms with Gasteiger partial charge in [-0.15, -0.1) is 0 Å². The minimum Gasteiger partial charge on any atom is -0.359 e. The van der Waals surface area contributed by atoms with Gasteiger partial charge in [-0.25, -0.2) is 4.79 Å². The molecule has 0 saturated carbocycles. The molecule has 1 saturated heterocycles. The number of carbonyl (C=O) groups excluding carboxylic acids is 2. The zero-order valence-electron chi connectivity index (χ0n) is 13.6. The Morgan fingerprint density at radius 2 is 2.14 bits per heavy atom. The molecule has 2 N–H and O–H groups in total. The summed E-state index contributed by atoms with van der Waals surface area (Å²) in [5.74, 6) is 0.947. The first-order valence-corrected chi connectivity index (χ1v) is 7.56. The Hall–Kier alpha value is -2.05. The smallest absolute Gasteiger partial charge is 0.323 e. The maximum atomic E-state index is 12.3. The Morgan fingerprint density at radius 3 is 2.73 bits per heavy atom. The summed E-state index contributed by atoms with van der Waals surface area (Å²) in [5.41, 5.74) is -0.161. The second kappa shape index (κ2) is 6.37. The molecule has 0 spiro atoms. The molecule has 0 bridgehead atoms. The van der Waals surface area contributed by atoms with E-state index in [2.05, 4.69) is 15.8 Å². The van der Waals surface area contributed by atoms with E-state index < -0.39 is 0 Å². The van der Waals surface area contributed by atoms with E-state index in [0.29, 0.717) is 24.7 Å². The SMILES string of the molecule is CNC(=O)[C@H]1CCCN(C(=O)Nc2cc(C(C)(C)C)on2)C1. The van der Waals surface area contributed by atoms with E-state index in [9.17, 15) is 9.59 Å². The van der Waals surface area contributed by atoms with Crippen molar-refractivity contribution in [2.45, 2.75) is 39.0 Å². The Balaban J connectivity index is 1.97. The number of aromatic nitrogens is 1. The Bertz CT molecular complexity index is 547. The summed E-state index contributed by atoms with van der Waals surface area (Å²) in [4.78, 5) is 25.6. The minimum atomic E-state index is -0.248. The molecule has 7 heteroatoms. The third-order valence-electron chi connectivity index (χ3n) is 3.81. The minimum absolute atomic E-state index is 0.0195. The third-order valence-corrected chi connectivity index (χ3v) is 3.81. The van der Waals surface area contributed by atoms with E-state index in [4.69, 9.17) is 4.52 Å². The second-order valence-electron chi connectivity index (χ2n) is 6.66. The number of piperidine rings is 1. The molecule has 1 aromatic rings. The summed E-state index contributed by atoms with van der Waals surface area (Å²) in [5, 5.41) is 9.25. The molecule has 2 heterocycles. The van der Waals surface area contributed by atoms with Gasteiger partial charge in [-0.1, -0.05) is 25.9 Å². The first kappa shape index (κ1) is 16.3. The van der Waals surface area contributed by atoms with Crippen LogP contribution in [0.25, 0.3) is 0 Å². The van der Waals surface area contributed by atoms with E-state index in [1.165, 1.54) is 0 Å². The summed E-state index contributed by atoms with van der Waals surface area (Å²) < 4.78 is 5.25. The lowest BCUT2D eigenvalue weighted by Crippen LogP contribution is -2.46. The van der Waals surface area contributed by atoms with Crippen LogP contribution in [0.3, 0.4) is 0 Å². The molecule has 22 heavy (non-hydrogen) atoms. The van der Waals surface area contributed by atoms with Crippen molar-refractivity contribution >= 4 is 17.8 Å². The number of urea groups is 1. The number of carbonyl (C=O) groups is 2. The lowest BCUT2D eigenvalue weighted by atomic mass is 9.93. The number of nitrogens with one attached hydrogen (secondary N) is 2. The lowest BCUT2D eigenvalue weighted by Gasteiger charge is -2.31. The molecule has 0 aliphatic carbocycles. The van der Waals surface area contributed by atoms with Gasteiger partial charge in [0.05, 0.1) is 5.92 Å². The van der Waals surface area contributed by atoms with Gasteiger partial charge >= 0.3 is 6.03 Å². The summed E-state index contributed by atoms with van der Waals surface area (Å²) >= 11 is 0. The molecule has 1 aliphatic heterocycles. The lowest BCUT2D eigenvalue weighted by molar-refractivity contribution is -0.125. The predicted octanol–water partition coefficient (Wildman–Crippen LogP) is 1.96. The molecule has 2 rings (SSSR count). The van der Waals surface area contributed by atoms with Crippen molar-refractivity contribution in [3.8, 4) is 0 Å². The second-order valence-corrected chi connectivity index (χ2v) is 6.66. The highest BCUT2D eigenvalue weighted by molar-refractivity contribution is 5.89. The molecular weight excluding hydrogens is 284 g/mol. The highest BCUT2D eigenvalue weighted by atomic mass is 16.5. The topological polar surface area (TPSA) is 87.5 Å². The molecule has 0 aromatic carbocycles. The molecule has 1 fully saturated rings. The first-order valence-electron chi connectivity index (χ1n) is 7.56. The molecule has 3 amide bonds. The van der Waals surface area contributed by atoms with Crippen molar-refractivity contribution in [1.29, 1.82) is 0 Å². The maximum Gasteiger partial charge on any atom is 0.323 e. The largest absolute Gasteiger partial charge is 0.359 e. The van der Waals surface area contributed by atoms with Gasteiger partial charge in [-0.2, -0.15) is 0 Å². The molecule has 0 radical (unpaired) electrons. The van der Waals surface area contributed by atoms with Crippen LogP contribution in [0.4, 0.5) is 10.6 Å². The summed E-state index contributed by atoms with van der Waals surface area (Å²) in [6.07, 6.45) is 1.62. The van der Waals surface area contributed by atoms with Crippen LogP contribution < -0.4 is 10.6 Å². The van der Waals surface area contributed by atoms with Crippen molar-refractivity contribution in [3.05, 3.63) is 11.8 Å². The number of hydrogen-bond donors (Lipinski definition) is 2. The number of rotatable bonds is 2. The summed E-state index contributed by atoms with van der Waals surface area (Å²) in [6, 6.07) is 1.49. The molecule has 0 unspecified atom stereocenters. The van der Waals surface area contributed by atoms with E-state index >= 15 is 0 Å². The van der Waals surface area contributed by atoms with E-state index in [1.807, 2.05) is 20.8 Å². The summed E-state index contributed by atoms with van der Waals surface area (Å²) in [7, 11) is 1.62. The average molecular weight is 308 g/mol. The maximum absolute atomic E-state index is 12.3. The third kappa shape index (κ3) is 3.78. The molecule has 7 nitrogen and oxygen atoms in total. The van der Waals surface area contributed by atoms with Crippen LogP contribution in [-0.2, 0) is 10.2 Å². The van der Waals surface area contributed by atoms with Crippen LogP contribution in [0.5, 0.6) is 0 Å². The number of hydrogen-bond acceptors (Lipinski definition) is 4. The van der Waals surface area contributed by atoms with Crippen LogP contribution >= 0.6 is 0 Å². The Kier molecular flexibility index (Phi) is 4.73. The highest BCUT2D eigenvalue weighted by Gasteiger charge is 2.28. The number of amides is 3. The van der Waals surface area contributed by atoms with E-state index in [1.54, 1.807) is 18.0 Å². The monoisotopic (exact) mass is 308 g/mol. The van der Waals surface area contributed by atoms with Crippen molar-refractivity contribution in [2.24, 2.45) is 5.92 Å². The van der Waals surface area contributed by atoms with Gasteiger partial charge in [0.2, 0.25) is 5.91 Å². The number of nitrogens with zero attached hydrogens (tertiary/aromatic N) is 2. The van der Waals surface area contributed by atoms with E-state index in [0.717, 1.165) is 12.8 Å². The molecule has 1 atom stereocenters. The van der Waals surface area contributed by atoms with Crippen LogP contribution in [0.1, 0.15) is 39.4 Å². The Morgan fingerprint density at radius 1 is 1.41 bits per heavy atom. The number of likely N-dealkylation sites (tertiary alicyclic amines) is 1. The fourth-order valence-electron chi connectivity index (χ4n) is 2.46. The van der Waals surface area contributed by atoms with Gasteiger partial charge in [0.1, 0.15) is 5.76 Å². The first-order chi connectivity index (χ1) is 10.3. The van der Waals surface area contributed by atoms with Crippen molar-refractivity contribution < 1.29 is 14.1 Å². The predicted molar refractivity (Wildman–Crippen MR) is 82.6 cm³/mol. The number of anilines is 1. The van der Waals surface area contributed by atoms with Gasteiger partial charge in [0.15, 0.2) is 5.82 Å². The van der Waals surface area contributed by atoms with Crippen molar-refractivity contribution in [3.63, 3.8) is 0 Å². The van der Waals surface area contributed by atoms with Gasteiger partial charge in [-0.05, 0) is 12.8 Å². The fourth-order valence-corrected chi connectivity index (χ4v) is 2.46. The van der Waals surface area contributed by atoms with Gasteiger partial charge < -0.3 is 14.7 Å². The van der Waals surface area contributed by atoms with E-state index in [-0.39, 0.29) is 23.3 Å². The highest BCUT2D eigenvalue weighted by Crippen LogP contribution is 2.25. The standard InChI is InChI=1S/C15H24N4O3/c1-15(2,3)11-8-12(18-22-11)17-14(21)19-7-5-6-10(9-19)13(20)16-4/h8,10H,5-7,9H2,1-4H3,(H,16,20)(H,17,18,21)/t10-/m0/s1. The fraction of sp³-hybridized carbons (Fsp3) is 0.667.